The highest BCUT2D eigenvalue weighted by Crippen LogP contribution is 2.14. The van der Waals surface area contributed by atoms with E-state index in [0.29, 0.717) is 6.42 Å². The van der Waals surface area contributed by atoms with Crippen LogP contribution in [0.5, 0.6) is 0 Å². The summed E-state index contributed by atoms with van der Waals surface area (Å²) in [7, 11) is 0. The van der Waals surface area contributed by atoms with Crippen LogP contribution in [0.2, 0.25) is 0 Å². The van der Waals surface area contributed by atoms with Crippen LogP contribution < -0.4 is 0 Å². The Morgan fingerprint density at radius 1 is 1.36 bits per heavy atom. The fourth-order valence-corrected chi connectivity index (χ4v) is 1.56. The Labute approximate surface area is 84.6 Å². The van der Waals surface area contributed by atoms with E-state index in [0.717, 1.165) is 18.4 Å². The first-order valence-electron chi connectivity index (χ1n) is 5.00. The van der Waals surface area contributed by atoms with Crippen LogP contribution in [-0.2, 0) is 11.2 Å². The minimum atomic E-state index is -0.685. The van der Waals surface area contributed by atoms with Gasteiger partial charge in [-0.1, -0.05) is 43.7 Å². The van der Waals surface area contributed by atoms with Crippen LogP contribution in [0.1, 0.15) is 25.3 Å². The average Bonchev–Trinajstić information content (AvgIpc) is 2.18. The molecule has 1 aromatic carbocycles. The van der Waals surface area contributed by atoms with Crippen molar-refractivity contribution in [3.05, 3.63) is 35.9 Å². The van der Waals surface area contributed by atoms with Gasteiger partial charge in [0.15, 0.2) is 0 Å². The Kier molecular flexibility index (Phi) is 4.17. The molecule has 0 unspecified atom stereocenters. The average molecular weight is 192 g/mol. The number of hydrogen-bond donors (Lipinski definition) is 1. The molecule has 0 fully saturated rings. The van der Waals surface area contributed by atoms with Gasteiger partial charge in [0.2, 0.25) is 0 Å². The second kappa shape index (κ2) is 5.43. The molecular formula is C12H16O2. The first-order chi connectivity index (χ1) is 6.74. The van der Waals surface area contributed by atoms with E-state index < -0.39 is 5.97 Å². The monoisotopic (exact) mass is 192 g/mol. The van der Waals surface area contributed by atoms with E-state index in [1.54, 1.807) is 0 Å². The third-order valence-electron chi connectivity index (χ3n) is 2.31. The van der Waals surface area contributed by atoms with Gasteiger partial charge in [-0.3, -0.25) is 4.79 Å². The molecule has 76 valence electrons. The first-order valence-corrected chi connectivity index (χ1v) is 5.00. The molecule has 1 N–H and O–H groups in total. The number of aliphatic carboxylic acids is 1. The predicted octanol–water partition coefficient (Wildman–Crippen LogP) is 2.73. The Balaban J connectivity index is 2.60. The standard InChI is InChI=1S/C12H16O2/c1-2-6-11(12(13)14)9-10-7-4-3-5-8-10/h3-5,7-8,11H,2,6,9H2,1H3,(H,13,14)/t11-/m0/s1. The van der Waals surface area contributed by atoms with Crippen molar-refractivity contribution < 1.29 is 9.90 Å². The molecule has 0 aliphatic heterocycles. The molecule has 1 rings (SSSR count). The van der Waals surface area contributed by atoms with E-state index in [-0.39, 0.29) is 5.92 Å². The summed E-state index contributed by atoms with van der Waals surface area (Å²) in [5.41, 5.74) is 1.10. The molecule has 0 saturated heterocycles. The van der Waals surface area contributed by atoms with E-state index in [2.05, 4.69) is 0 Å². The second-order valence-electron chi connectivity index (χ2n) is 3.51. The Hall–Kier alpha value is -1.31. The number of carbonyl (C=O) groups is 1. The van der Waals surface area contributed by atoms with Crippen molar-refractivity contribution in [2.24, 2.45) is 5.92 Å². The maximum atomic E-state index is 10.9. The number of carboxylic acid groups (broad SMARTS) is 1. The highest BCUT2D eigenvalue weighted by Gasteiger charge is 2.16. The van der Waals surface area contributed by atoms with E-state index in [1.165, 1.54) is 0 Å². The minimum Gasteiger partial charge on any atom is -0.481 e. The summed E-state index contributed by atoms with van der Waals surface area (Å²) >= 11 is 0. The molecule has 0 aromatic heterocycles. The third-order valence-corrected chi connectivity index (χ3v) is 2.31. The molecule has 0 radical (unpaired) electrons. The zero-order chi connectivity index (χ0) is 10.4. The van der Waals surface area contributed by atoms with Gasteiger partial charge in [0.05, 0.1) is 5.92 Å². The lowest BCUT2D eigenvalue weighted by molar-refractivity contribution is -0.141. The lowest BCUT2D eigenvalue weighted by atomic mass is 9.95. The minimum absolute atomic E-state index is 0.234. The maximum absolute atomic E-state index is 10.9. The Bertz CT molecular complexity index is 280. The zero-order valence-corrected chi connectivity index (χ0v) is 8.44. The lowest BCUT2D eigenvalue weighted by Crippen LogP contribution is -2.16. The van der Waals surface area contributed by atoms with Gasteiger partial charge >= 0.3 is 5.97 Å². The molecule has 0 spiro atoms. The van der Waals surface area contributed by atoms with Crippen LogP contribution in [0.25, 0.3) is 0 Å². The quantitative estimate of drug-likeness (QED) is 0.778. The summed E-state index contributed by atoms with van der Waals surface area (Å²) in [6, 6.07) is 9.79. The fourth-order valence-electron chi connectivity index (χ4n) is 1.56. The smallest absolute Gasteiger partial charge is 0.306 e. The highest BCUT2D eigenvalue weighted by molar-refractivity contribution is 5.70. The lowest BCUT2D eigenvalue weighted by Gasteiger charge is -2.10. The van der Waals surface area contributed by atoms with Gasteiger partial charge in [-0.05, 0) is 18.4 Å². The normalized spacial score (nSPS) is 12.4. The summed E-state index contributed by atoms with van der Waals surface area (Å²) < 4.78 is 0. The molecule has 0 aliphatic rings. The van der Waals surface area contributed by atoms with Gasteiger partial charge in [0, 0.05) is 0 Å². The molecule has 0 bridgehead atoms. The van der Waals surface area contributed by atoms with Gasteiger partial charge in [-0.15, -0.1) is 0 Å². The van der Waals surface area contributed by atoms with Crippen molar-refractivity contribution >= 4 is 5.97 Å². The SMILES string of the molecule is CCC[C@@H](Cc1ccccc1)C(=O)O. The van der Waals surface area contributed by atoms with Crippen LogP contribution in [0.15, 0.2) is 30.3 Å². The molecule has 0 aliphatic carbocycles. The molecular weight excluding hydrogens is 176 g/mol. The zero-order valence-electron chi connectivity index (χ0n) is 8.44. The van der Waals surface area contributed by atoms with E-state index in [1.807, 2.05) is 37.3 Å². The molecule has 0 amide bonds. The topological polar surface area (TPSA) is 37.3 Å². The van der Waals surface area contributed by atoms with Gasteiger partial charge < -0.3 is 5.11 Å². The van der Waals surface area contributed by atoms with Crippen LogP contribution >= 0.6 is 0 Å². The largest absolute Gasteiger partial charge is 0.481 e. The van der Waals surface area contributed by atoms with Crippen LogP contribution in [0.4, 0.5) is 0 Å². The van der Waals surface area contributed by atoms with Crippen molar-refractivity contribution in [3.63, 3.8) is 0 Å². The second-order valence-corrected chi connectivity index (χ2v) is 3.51. The summed E-state index contributed by atoms with van der Waals surface area (Å²) in [5.74, 6) is -0.918. The number of rotatable bonds is 5. The maximum Gasteiger partial charge on any atom is 0.306 e. The van der Waals surface area contributed by atoms with E-state index in [9.17, 15) is 4.79 Å². The van der Waals surface area contributed by atoms with Gasteiger partial charge in [0.1, 0.15) is 0 Å². The molecule has 2 heteroatoms. The molecule has 1 aromatic rings. The molecule has 0 saturated carbocycles. The van der Waals surface area contributed by atoms with Crippen molar-refractivity contribution in [2.45, 2.75) is 26.2 Å². The van der Waals surface area contributed by atoms with Gasteiger partial charge in [0.25, 0.3) is 0 Å². The first kappa shape index (κ1) is 10.8. The van der Waals surface area contributed by atoms with Crippen molar-refractivity contribution in [3.8, 4) is 0 Å². The molecule has 0 heterocycles. The molecule has 1 atom stereocenters. The van der Waals surface area contributed by atoms with E-state index in [4.69, 9.17) is 5.11 Å². The number of carboxylic acids is 1. The molecule has 14 heavy (non-hydrogen) atoms. The van der Waals surface area contributed by atoms with Crippen LogP contribution in [-0.4, -0.2) is 11.1 Å². The van der Waals surface area contributed by atoms with E-state index >= 15 is 0 Å². The summed E-state index contributed by atoms with van der Waals surface area (Å²) in [6.07, 6.45) is 2.32. The van der Waals surface area contributed by atoms with Gasteiger partial charge in [-0.25, -0.2) is 0 Å². The number of hydrogen-bond acceptors (Lipinski definition) is 1. The van der Waals surface area contributed by atoms with Crippen molar-refractivity contribution in [2.75, 3.05) is 0 Å². The highest BCUT2D eigenvalue weighted by atomic mass is 16.4. The molecule has 2 nitrogen and oxygen atoms in total. The van der Waals surface area contributed by atoms with Crippen LogP contribution in [0, 0.1) is 5.92 Å². The third kappa shape index (κ3) is 3.21. The Morgan fingerprint density at radius 3 is 2.50 bits per heavy atom. The van der Waals surface area contributed by atoms with Crippen molar-refractivity contribution in [1.82, 2.24) is 0 Å². The van der Waals surface area contributed by atoms with Crippen LogP contribution in [0.3, 0.4) is 0 Å². The Morgan fingerprint density at radius 2 is 2.00 bits per heavy atom. The summed E-state index contributed by atoms with van der Waals surface area (Å²) in [5, 5.41) is 8.97. The van der Waals surface area contributed by atoms with Gasteiger partial charge in [-0.2, -0.15) is 0 Å². The predicted molar refractivity (Wildman–Crippen MR) is 56.2 cm³/mol. The van der Waals surface area contributed by atoms with Crippen molar-refractivity contribution in [1.29, 1.82) is 0 Å². The fraction of sp³-hybridized carbons (Fsp3) is 0.417. The summed E-state index contributed by atoms with van der Waals surface area (Å²) in [6.45, 7) is 2.01. The number of benzene rings is 1. The summed E-state index contributed by atoms with van der Waals surface area (Å²) in [4.78, 5) is 10.9.